The average Bonchev–Trinajstić information content (AvgIpc) is 2.66. The first-order valence-corrected chi connectivity index (χ1v) is 9.85. The molecule has 0 aliphatic carbocycles. The van der Waals surface area contributed by atoms with Crippen molar-refractivity contribution in [2.75, 3.05) is 20.8 Å². The highest BCUT2D eigenvalue weighted by Crippen LogP contribution is 2.36. The van der Waals surface area contributed by atoms with E-state index in [4.69, 9.17) is 42.7 Å². The Balaban J connectivity index is 0.000000296. The fraction of sp³-hybridized carbons (Fsp3) is 0.409. The summed E-state index contributed by atoms with van der Waals surface area (Å²) in [7, 11) is 3.13. The fourth-order valence-corrected chi connectivity index (χ4v) is 3.04. The Morgan fingerprint density at radius 1 is 0.862 bits per heavy atom. The lowest BCUT2D eigenvalue weighted by molar-refractivity contribution is 0.359. The zero-order valence-corrected chi connectivity index (χ0v) is 19.1. The summed E-state index contributed by atoms with van der Waals surface area (Å²) in [5.41, 5.74) is 1.83. The van der Waals surface area contributed by atoms with Crippen molar-refractivity contribution >= 4 is 23.2 Å². The van der Waals surface area contributed by atoms with Crippen LogP contribution in [0.3, 0.4) is 0 Å². The molecule has 0 saturated heterocycles. The molecular formula is C22H27Cl2NO4. The predicted octanol–water partition coefficient (Wildman–Crippen LogP) is 6.55. The Labute approximate surface area is 182 Å². The summed E-state index contributed by atoms with van der Waals surface area (Å²) in [5, 5.41) is 19.0. The summed E-state index contributed by atoms with van der Waals surface area (Å²) < 4.78 is 15.5. The van der Waals surface area contributed by atoms with Crippen molar-refractivity contribution in [1.82, 2.24) is 0 Å². The first-order valence-electron chi connectivity index (χ1n) is 9.09. The maximum atomic E-state index is 9.54. The van der Waals surface area contributed by atoms with E-state index in [0.717, 1.165) is 11.1 Å². The predicted molar refractivity (Wildman–Crippen MR) is 117 cm³/mol. The van der Waals surface area contributed by atoms with Gasteiger partial charge in [0.25, 0.3) is 0 Å². The van der Waals surface area contributed by atoms with Crippen LogP contribution in [0, 0.1) is 11.3 Å². The van der Waals surface area contributed by atoms with Crippen LogP contribution < -0.4 is 14.2 Å². The number of methoxy groups -OCH3 is 2. The number of rotatable bonds is 6. The SMILES string of the molecule is COc1cc(C(C)C)c(O)cc1Cl.COc1cc(C(C)C)c(OCC#N)cc1Cl. The molecule has 0 aromatic heterocycles. The molecule has 0 amide bonds. The number of aromatic hydroxyl groups is 1. The van der Waals surface area contributed by atoms with Gasteiger partial charge in [-0.3, -0.25) is 0 Å². The van der Waals surface area contributed by atoms with E-state index in [1.54, 1.807) is 26.4 Å². The lowest BCUT2D eigenvalue weighted by Crippen LogP contribution is -2.00. The molecule has 2 aromatic carbocycles. The molecule has 158 valence electrons. The summed E-state index contributed by atoms with van der Waals surface area (Å²) in [6, 6.07) is 8.74. The van der Waals surface area contributed by atoms with E-state index in [1.165, 1.54) is 6.07 Å². The minimum Gasteiger partial charge on any atom is -0.508 e. The van der Waals surface area contributed by atoms with Crippen LogP contribution in [0.5, 0.6) is 23.0 Å². The summed E-state index contributed by atoms with van der Waals surface area (Å²) in [4.78, 5) is 0. The highest BCUT2D eigenvalue weighted by atomic mass is 35.5. The van der Waals surface area contributed by atoms with Crippen LogP contribution in [0.15, 0.2) is 24.3 Å². The van der Waals surface area contributed by atoms with Crippen LogP contribution in [-0.4, -0.2) is 25.9 Å². The molecule has 0 atom stereocenters. The van der Waals surface area contributed by atoms with Gasteiger partial charge in [-0.05, 0) is 24.0 Å². The van der Waals surface area contributed by atoms with Crippen molar-refractivity contribution in [3.05, 3.63) is 45.4 Å². The number of hydrogen-bond acceptors (Lipinski definition) is 5. The van der Waals surface area contributed by atoms with Crippen LogP contribution in [0.1, 0.15) is 50.7 Å². The molecule has 0 spiro atoms. The third-order valence-corrected chi connectivity index (χ3v) is 4.71. The molecule has 0 radical (unpaired) electrons. The maximum Gasteiger partial charge on any atom is 0.174 e. The lowest BCUT2D eigenvalue weighted by Gasteiger charge is -2.15. The van der Waals surface area contributed by atoms with Crippen LogP contribution in [0.2, 0.25) is 10.0 Å². The third-order valence-electron chi connectivity index (χ3n) is 4.12. The van der Waals surface area contributed by atoms with Gasteiger partial charge in [0.15, 0.2) is 6.61 Å². The zero-order chi connectivity index (χ0) is 22.1. The van der Waals surface area contributed by atoms with E-state index in [-0.39, 0.29) is 24.2 Å². The molecule has 5 nitrogen and oxygen atoms in total. The second kappa shape index (κ2) is 11.6. The first-order chi connectivity index (χ1) is 13.7. The van der Waals surface area contributed by atoms with Gasteiger partial charge in [-0.2, -0.15) is 5.26 Å². The van der Waals surface area contributed by atoms with Crippen LogP contribution >= 0.6 is 23.2 Å². The second-order valence-electron chi connectivity index (χ2n) is 6.83. The minimum absolute atomic E-state index is 0.0162. The summed E-state index contributed by atoms with van der Waals surface area (Å²) in [5.74, 6) is 2.62. The Bertz CT molecular complexity index is 861. The Morgan fingerprint density at radius 2 is 1.34 bits per heavy atom. The molecular weight excluding hydrogens is 413 g/mol. The van der Waals surface area contributed by atoms with Crippen molar-refractivity contribution in [2.24, 2.45) is 0 Å². The molecule has 1 N–H and O–H groups in total. The van der Waals surface area contributed by atoms with E-state index >= 15 is 0 Å². The van der Waals surface area contributed by atoms with E-state index in [0.29, 0.717) is 27.3 Å². The Kier molecular flexibility index (Phi) is 9.94. The van der Waals surface area contributed by atoms with Crippen LogP contribution in [0.4, 0.5) is 0 Å². The van der Waals surface area contributed by atoms with Crippen molar-refractivity contribution in [2.45, 2.75) is 39.5 Å². The Morgan fingerprint density at radius 3 is 1.79 bits per heavy atom. The highest BCUT2D eigenvalue weighted by molar-refractivity contribution is 6.32. The zero-order valence-electron chi connectivity index (χ0n) is 17.5. The largest absolute Gasteiger partial charge is 0.508 e. The fourth-order valence-electron chi connectivity index (χ4n) is 2.57. The van der Waals surface area contributed by atoms with Gasteiger partial charge in [0.2, 0.25) is 0 Å². The molecule has 0 heterocycles. The van der Waals surface area contributed by atoms with Gasteiger partial charge in [-0.1, -0.05) is 50.9 Å². The topological polar surface area (TPSA) is 71.7 Å². The summed E-state index contributed by atoms with van der Waals surface area (Å²) in [6.07, 6.45) is 0. The molecule has 7 heteroatoms. The molecule has 2 aromatic rings. The molecule has 0 bridgehead atoms. The van der Waals surface area contributed by atoms with Gasteiger partial charge in [0, 0.05) is 23.3 Å². The molecule has 29 heavy (non-hydrogen) atoms. The minimum atomic E-state index is 0.0162. The summed E-state index contributed by atoms with van der Waals surface area (Å²) >= 11 is 11.8. The van der Waals surface area contributed by atoms with E-state index in [9.17, 15) is 5.11 Å². The molecule has 0 aliphatic rings. The number of benzene rings is 2. The molecule has 0 aliphatic heterocycles. The quantitative estimate of drug-likeness (QED) is 0.551. The Hall–Kier alpha value is -2.29. The average molecular weight is 440 g/mol. The third kappa shape index (κ3) is 6.92. The number of phenolic OH excluding ortho intramolecular Hbond substituents is 1. The van der Waals surface area contributed by atoms with Crippen molar-refractivity contribution in [3.8, 4) is 29.1 Å². The van der Waals surface area contributed by atoms with Crippen LogP contribution in [0.25, 0.3) is 0 Å². The van der Waals surface area contributed by atoms with E-state index in [2.05, 4.69) is 0 Å². The summed E-state index contributed by atoms with van der Waals surface area (Å²) in [6.45, 7) is 8.11. The van der Waals surface area contributed by atoms with Crippen molar-refractivity contribution in [3.63, 3.8) is 0 Å². The number of hydrogen-bond donors (Lipinski definition) is 1. The lowest BCUT2D eigenvalue weighted by atomic mass is 10.0. The molecule has 0 fully saturated rings. The van der Waals surface area contributed by atoms with Gasteiger partial charge in [-0.15, -0.1) is 0 Å². The maximum absolute atomic E-state index is 9.54. The monoisotopic (exact) mass is 439 g/mol. The number of nitrogens with zero attached hydrogens (tertiary/aromatic N) is 1. The van der Waals surface area contributed by atoms with Crippen LogP contribution in [-0.2, 0) is 0 Å². The van der Waals surface area contributed by atoms with E-state index < -0.39 is 0 Å². The number of ether oxygens (including phenoxy) is 3. The van der Waals surface area contributed by atoms with Crippen molar-refractivity contribution < 1.29 is 19.3 Å². The first kappa shape index (κ1) is 24.7. The smallest absolute Gasteiger partial charge is 0.174 e. The second-order valence-corrected chi connectivity index (χ2v) is 7.64. The van der Waals surface area contributed by atoms with Gasteiger partial charge in [-0.25, -0.2) is 0 Å². The standard InChI is InChI=1S/C12H14ClNO2.C10H13ClO2/c1-8(2)9-6-12(15-3)10(13)7-11(9)16-5-4-14;1-6(2)7-4-10(13-3)8(11)5-9(7)12/h6-8H,5H2,1-3H3;4-6,12H,1-3H3. The van der Waals surface area contributed by atoms with Gasteiger partial charge in [0.1, 0.15) is 29.1 Å². The number of halogens is 2. The number of nitriles is 1. The van der Waals surface area contributed by atoms with Gasteiger partial charge >= 0.3 is 0 Å². The molecule has 0 saturated carbocycles. The molecule has 0 unspecified atom stereocenters. The normalized spacial score (nSPS) is 10.2. The molecule has 2 rings (SSSR count). The number of phenols is 1. The van der Waals surface area contributed by atoms with Crippen molar-refractivity contribution in [1.29, 1.82) is 5.26 Å². The highest BCUT2D eigenvalue weighted by Gasteiger charge is 2.13. The van der Waals surface area contributed by atoms with Gasteiger partial charge in [0.05, 0.1) is 24.3 Å². The van der Waals surface area contributed by atoms with E-state index in [1.807, 2.05) is 39.8 Å². The van der Waals surface area contributed by atoms with Gasteiger partial charge < -0.3 is 19.3 Å².